The maximum absolute atomic E-state index is 5.78. The van der Waals surface area contributed by atoms with Crippen molar-refractivity contribution in [3.05, 3.63) is 58.4 Å². The predicted molar refractivity (Wildman–Crippen MR) is 80.6 cm³/mol. The van der Waals surface area contributed by atoms with Crippen LogP contribution in [0.15, 0.2) is 30.3 Å². The van der Waals surface area contributed by atoms with E-state index in [0.717, 1.165) is 28.3 Å². The summed E-state index contributed by atoms with van der Waals surface area (Å²) in [7, 11) is 1.67. The van der Waals surface area contributed by atoms with Crippen LogP contribution >= 0.6 is 0 Å². The number of pyridine rings is 1. The first-order valence-corrected chi connectivity index (χ1v) is 6.61. The molecule has 0 fully saturated rings. The number of aryl methyl sites for hydroxylation is 3. The third-order valence-corrected chi connectivity index (χ3v) is 3.30. The Balaban J connectivity index is 2.54. The lowest BCUT2D eigenvalue weighted by Gasteiger charge is -2.21. The van der Waals surface area contributed by atoms with Crippen LogP contribution in [0.3, 0.4) is 0 Å². The number of aromatic nitrogens is 1. The van der Waals surface area contributed by atoms with Crippen molar-refractivity contribution in [3.63, 3.8) is 0 Å². The molecule has 1 atom stereocenters. The van der Waals surface area contributed by atoms with Crippen LogP contribution in [0.1, 0.15) is 34.1 Å². The van der Waals surface area contributed by atoms with E-state index in [1.807, 2.05) is 38.1 Å². The maximum Gasteiger partial charge on any atom is 0.124 e. The van der Waals surface area contributed by atoms with E-state index in [4.69, 9.17) is 10.6 Å². The van der Waals surface area contributed by atoms with Gasteiger partial charge >= 0.3 is 0 Å². The summed E-state index contributed by atoms with van der Waals surface area (Å²) in [5, 5.41) is 0. The molecule has 0 bridgehead atoms. The Kier molecular flexibility index (Phi) is 4.37. The Morgan fingerprint density at radius 2 is 1.75 bits per heavy atom. The Morgan fingerprint density at radius 1 is 1.10 bits per heavy atom. The molecular weight excluding hydrogens is 250 g/mol. The van der Waals surface area contributed by atoms with Crippen LogP contribution in [-0.2, 0) is 0 Å². The minimum atomic E-state index is -0.120. The van der Waals surface area contributed by atoms with Crippen molar-refractivity contribution in [1.82, 2.24) is 10.4 Å². The van der Waals surface area contributed by atoms with Crippen molar-refractivity contribution in [2.75, 3.05) is 7.11 Å². The van der Waals surface area contributed by atoms with Gasteiger partial charge in [-0.15, -0.1) is 0 Å². The van der Waals surface area contributed by atoms with Gasteiger partial charge in [-0.3, -0.25) is 10.8 Å². The molecule has 1 unspecified atom stereocenters. The quantitative estimate of drug-likeness (QED) is 0.663. The minimum Gasteiger partial charge on any atom is -0.496 e. The Hall–Kier alpha value is -1.91. The molecule has 0 aliphatic carbocycles. The Labute approximate surface area is 120 Å². The van der Waals surface area contributed by atoms with E-state index in [0.29, 0.717) is 0 Å². The second kappa shape index (κ2) is 6.03. The predicted octanol–water partition coefficient (Wildman–Crippen LogP) is 2.57. The highest BCUT2D eigenvalue weighted by Crippen LogP contribution is 2.30. The van der Waals surface area contributed by atoms with Gasteiger partial charge in [0.2, 0.25) is 0 Å². The van der Waals surface area contributed by atoms with Crippen molar-refractivity contribution in [2.45, 2.75) is 26.8 Å². The number of nitrogens with zero attached hydrogens (tertiary/aromatic N) is 1. The zero-order valence-electron chi connectivity index (χ0n) is 12.4. The van der Waals surface area contributed by atoms with Crippen molar-refractivity contribution >= 4 is 0 Å². The van der Waals surface area contributed by atoms with E-state index < -0.39 is 0 Å². The fourth-order valence-electron chi connectivity index (χ4n) is 2.48. The number of nitrogens with one attached hydrogen (secondary N) is 1. The largest absolute Gasteiger partial charge is 0.496 e. The van der Waals surface area contributed by atoms with Crippen molar-refractivity contribution in [2.24, 2.45) is 5.84 Å². The first-order valence-electron chi connectivity index (χ1n) is 6.61. The van der Waals surface area contributed by atoms with Crippen LogP contribution < -0.4 is 16.0 Å². The lowest BCUT2D eigenvalue weighted by molar-refractivity contribution is 0.404. The number of hydrogen-bond donors (Lipinski definition) is 2. The molecule has 4 heteroatoms. The van der Waals surface area contributed by atoms with Crippen LogP contribution in [-0.4, -0.2) is 12.1 Å². The van der Waals surface area contributed by atoms with Gasteiger partial charge in [-0.2, -0.15) is 0 Å². The zero-order valence-corrected chi connectivity index (χ0v) is 12.4. The van der Waals surface area contributed by atoms with E-state index in [9.17, 15) is 0 Å². The number of methoxy groups -OCH3 is 1. The first kappa shape index (κ1) is 14.5. The molecule has 2 aromatic rings. The molecule has 3 N–H and O–H groups in total. The summed E-state index contributed by atoms with van der Waals surface area (Å²) < 4.78 is 5.45. The van der Waals surface area contributed by atoms with E-state index >= 15 is 0 Å². The molecule has 0 saturated heterocycles. The van der Waals surface area contributed by atoms with E-state index in [-0.39, 0.29) is 6.04 Å². The van der Waals surface area contributed by atoms with Gasteiger partial charge in [0.15, 0.2) is 0 Å². The summed E-state index contributed by atoms with van der Waals surface area (Å²) in [6.07, 6.45) is 0. The number of hydrazine groups is 1. The molecular formula is C16H21N3O. The molecule has 0 spiro atoms. The van der Waals surface area contributed by atoms with Gasteiger partial charge in [-0.25, -0.2) is 5.43 Å². The maximum atomic E-state index is 5.78. The summed E-state index contributed by atoms with van der Waals surface area (Å²) in [4.78, 5) is 4.40. The fraction of sp³-hybridized carbons (Fsp3) is 0.312. The normalized spacial score (nSPS) is 12.2. The molecule has 0 aliphatic heterocycles. The second-order valence-electron chi connectivity index (χ2n) is 5.03. The van der Waals surface area contributed by atoms with Crippen molar-refractivity contribution < 1.29 is 4.74 Å². The van der Waals surface area contributed by atoms with Gasteiger partial charge in [0.1, 0.15) is 5.75 Å². The Morgan fingerprint density at radius 3 is 2.30 bits per heavy atom. The lowest BCUT2D eigenvalue weighted by atomic mass is 9.96. The van der Waals surface area contributed by atoms with Gasteiger partial charge in [0.05, 0.1) is 13.2 Å². The SMILES string of the molecule is COc1ccc(C)cc1C(NN)c1cc(C)nc(C)c1. The summed E-state index contributed by atoms with van der Waals surface area (Å²) in [5.41, 5.74) is 8.12. The molecule has 0 amide bonds. The number of nitrogens with two attached hydrogens (primary N) is 1. The van der Waals surface area contributed by atoms with Gasteiger partial charge in [-0.05, 0) is 44.5 Å². The summed E-state index contributed by atoms with van der Waals surface area (Å²) >= 11 is 0. The second-order valence-corrected chi connectivity index (χ2v) is 5.03. The van der Waals surface area contributed by atoms with Crippen LogP contribution in [0.25, 0.3) is 0 Å². The average molecular weight is 271 g/mol. The molecule has 1 aromatic heterocycles. The summed E-state index contributed by atoms with van der Waals surface area (Å²) in [6.45, 7) is 6.02. The number of rotatable bonds is 4. The van der Waals surface area contributed by atoms with Gasteiger partial charge in [0.25, 0.3) is 0 Å². The lowest BCUT2D eigenvalue weighted by Crippen LogP contribution is -2.29. The standard InChI is InChI=1S/C16H21N3O/c1-10-5-6-15(20-4)14(7-10)16(19-17)13-8-11(2)18-12(3)9-13/h5-9,16,19H,17H2,1-4H3. The molecule has 106 valence electrons. The molecule has 0 aliphatic rings. The zero-order chi connectivity index (χ0) is 14.7. The van der Waals surface area contributed by atoms with Crippen molar-refractivity contribution in [1.29, 1.82) is 0 Å². The van der Waals surface area contributed by atoms with Crippen LogP contribution in [0, 0.1) is 20.8 Å². The highest BCUT2D eigenvalue weighted by atomic mass is 16.5. The van der Waals surface area contributed by atoms with Gasteiger partial charge < -0.3 is 4.74 Å². The minimum absolute atomic E-state index is 0.120. The summed E-state index contributed by atoms with van der Waals surface area (Å²) in [6, 6.07) is 10.0. The van der Waals surface area contributed by atoms with E-state index in [2.05, 4.69) is 23.4 Å². The monoisotopic (exact) mass is 271 g/mol. The highest BCUT2D eigenvalue weighted by molar-refractivity contribution is 5.44. The molecule has 2 rings (SSSR count). The van der Waals surface area contributed by atoms with Crippen LogP contribution in [0.2, 0.25) is 0 Å². The van der Waals surface area contributed by atoms with Crippen molar-refractivity contribution in [3.8, 4) is 5.75 Å². The van der Waals surface area contributed by atoms with Crippen LogP contribution in [0.5, 0.6) is 5.75 Å². The Bertz CT molecular complexity index is 590. The fourth-order valence-corrected chi connectivity index (χ4v) is 2.48. The smallest absolute Gasteiger partial charge is 0.124 e. The molecule has 0 saturated carbocycles. The molecule has 20 heavy (non-hydrogen) atoms. The summed E-state index contributed by atoms with van der Waals surface area (Å²) in [5.74, 6) is 6.61. The third kappa shape index (κ3) is 2.98. The molecule has 4 nitrogen and oxygen atoms in total. The number of benzene rings is 1. The number of hydrogen-bond acceptors (Lipinski definition) is 4. The molecule has 0 radical (unpaired) electrons. The highest BCUT2D eigenvalue weighted by Gasteiger charge is 2.18. The molecule has 1 heterocycles. The molecule has 1 aromatic carbocycles. The van der Waals surface area contributed by atoms with Gasteiger partial charge in [0, 0.05) is 17.0 Å². The van der Waals surface area contributed by atoms with E-state index in [1.165, 1.54) is 5.56 Å². The van der Waals surface area contributed by atoms with Crippen LogP contribution in [0.4, 0.5) is 0 Å². The number of ether oxygens (including phenoxy) is 1. The topological polar surface area (TPSA) is 60.2 Å². The van der Waals surface area contributed by atoms with E-state index in [1.54, 1.807) is 7.11 Å². The third-order valence-electron chi connectivity index (χ3n) is 3.30. The average Bonchev–Trinajstić information content (AvgIpc) is 2.39. The first-order chi connectivity index (χ1) is 9.55. The van der Waals surface area contributed by atoms with Gasteiger partial charge in [-0.1, -0.05) is 17.7 Å².